The third-order valence-electron chi connectivity index (χ3n) is 4.29. The first-order valence-corrected chi connectivity index (χ1v) is 9.36. The minimum atomic E-state index is -2.56. The number of ether oxygens (including phenoxy) is 1. The third kappa shape index (κ3) is 4.55. The zero-order valence-electron chi connectivity index (χ0n) is 13.2. The maximum absolute atomic E-state index is 12.0. The molecule has 6 heteroatoms. The lowest BCUT2D eigenvalue weighted by atomic mass is 9.99. The van der Waals surface area contributed by atoms with Gasteiger partial charge in [0.05, 0.1) is 0 Å². The van der Waals surface area contributed by atoms with Crippen LogP contribution in [0.1, 0.15) is 51.9 Å². The first kappa shape index (κ1) is 17.6. The standard InChI is InChI=1S/C14H28O5Si/c1-5-14(10-6-7-11-14)19-13(15)9-8-12-20(16-2,17-3)18-4/h5-12H2,1-4H3. The molecule has 0 aromatic rings. The van der Waals surface area contributed by atoms with Crippen molar-refractivity contribution in [1.29, 1.82) is 0 Å². The van der Waals surface area contributed by atoms with Crippen LogP contribution in [-0.4, -0.2) is 41.7 Å². The van der Waals surface area contributed by atoms with Gasteiger partial charge in [-0.05, 0) is 38.5 Å². The van der Waals surface area contributed by atoms with E-state index >= 15 is 0 Å². The van der Waals surface area contributed by atoms with Crippen LogP contribution in [0.3, 0.4) is 0 Å². The molecule has 0 aromatic carbocycles. The lowest BCUT2D eigenvalue weighted by molar-refractivity contribution is -0.159. The molecule has 0 saturated heterocycles. The molecule has 5 nitrogen and oxygen atoms in total. The minimum absolute atomic E-state index is 0.111. The molecular formula is C14H28O5Si. The van der Waals surface area contributed by atoms with E-state index in [1.807, 2.05) is 0 Å². The second kappa shape index (κ2) is 8.12. The average molecular weight is 304 g/mol. The third-order valence-corrected chi connectivity index (χ3v) is 7.12. The molecule has 0 N–H and O–H groups in total. The molecule has 0 spiro atoms. The molecule has 1 aliphatic carbocycles. The molecule has 1 rings (SSSR count). The van der Waals surface area contributed by atoms with Crippen molar-refractivity contribution < 1.29 is 22.8 Å². The lowest BCUT2D eigenvalue weighted by Crippen LogP contribution is -2.42. The van der Waals surface area contributed by atoms with E-state index in [9.17, 15) is 4.79 Å². The summed E-state index contributed by atoms with van der Waals surface area (Å²) in [4.78, 5) is 12.0. The Kier molecular flexibility index (Phi) is 7.15. The molecule has 1 saturated carbocycles. The van der Waals surface area contributed by atoms with Crippen molar-refractivity contribution in [2.75, 3.05) is 21.3 Å². The minimum Gasteiger partial charge on any atom is -0.459 e. The van der Waals surface area contributed by atoms with Crippen LogP contribution in [0.15, 0.2) is 0 Å². The van der Waals surface area contributed by atoms with E-state index in [1.54, 1.807) is 21.3 Å². The summed E-state index contributed by atoms with van der Waals surface area (Å²) in [6.07, 6.45) is 6.30. The van der Waals surface area contributed by atoms with Crippen LogP contribution in [0.25, 0.3) is 0 Å². The van der Waals surface area contributed by atoms with Crippen molar-refractivity contribution in [3.8, 4) is 0 Å². The normalized spacial score (nSPS) is 18.2. The smallest absolute Gasteiger partial charge is 0.459 e. The molecule has 1 fully saturated rings. The van der Waals surface area contributed by atoms with Crippen molar-refractivity contribution in [2.45, 2.75) is 63.5 Å². The molecule has 0 heterocycles. The second-order valence-corrected chi connectivity index (χ2v) is 8.46. The van der Waals surface area contributed by atoms with Gasteiger partial charge < -0.3 is 18.0 Å². The molecule has 20 heavy (non-hydrogen) atoms. The van der Waals surface area contributed by atoms with Crippen LogP contribution in [0.4, 0.5) is 0 Å². The average Bonchev–Trinajstić information content (AvgIpc) is 2.93. The predicted molar refractivity (Wildman–Crippen MR) is 78.4 cm³/mol. The van der Waals surface area contributed by atoms with Gasteiger partial charge in [-0.25, -0.2) is 0 Å². The topological polar surface area (TPSA) is 54.0 Å². The Morgan fingerprint density at radius 3 is 2.10 bits per heavy atom. The van der Waals surface area contributed by atoms with Gasteiger partial charge in [-0.1, -0.05) is 6.92 Å². The highest BCUT2D eigenvalue weighted by molar-refractivity contribution is 6.60. The zero-order chi connectivity index (χ0) is 15.1. The predicted octanol–water partition coefficient (Wildman–Crippen LogP) is 2.91. The summed E-state index contributed by atoms with van der Waals surface area (Å²) in [5.41, 5.74) is -0.199. The van der Waals surface area contributed by atoms with Gasteiger partial charge in [0, 0.05) is 33.8 Å². The van der Waals surface area contributed by atoms with Crippen LogP contribution >= 0.6 is 0 Å². The first-order chi connectivity index (χ1) is 9.55. The summed E-state index contributed by atoms with van der Waals surface area (Å²) in [5, 5.41) is 0. The van der Waals surface area contributed by atoms with Gasteiger partial charge in [-0.2, -0.15) is 0 Å². The van der Waals surface area contributed by atoms with Gasteiger partial charge in [0.2, 0.25) is 0 Å². The van der Waals surface area contributed by atoms with Crippen molar-refractivity contribution in [1.82, 2.24) is 0 Å². The quantitative estimate of drug-likeness (QED) is 0.484. The summed E-state index contributed by atoms with van der Waals surface area (Å²) >= 11 is 0. The van der Waals surface area contributed by atoms with E-state index in [0.29, 0.717) is 18.9 Å². The molecular weight excluding hydrogens is 276 g/mol. The Morgan fingerprint density at radius 1 is 1.10 bits per heavy atom. The zero-order valence-corrected chi connectivity index (χ0v) is 14.2. The first-order valence-electron chi connectivity index (χ1n) is 7.42. The van der Waals surface area contributed by atoms with Crippen LogP contribution < -0.4 is 0 Å². The van der Waals surface area contributed by atoms with Gasteiger partial charge in [-0.3, -0.25) is 4.79 Å². The van der Waals surface area contributed by atoms with Gasteiger partial charge in [0.1, 0.15) is 5.60 Å². The van der Waals surface area contributed by atoms with E-state index in [1.165, 1.54) is 0 Å². The fourth-order valence-electron chi connectivity index (χ4n) is 2.85. The summed E-state index contributed by atoms with van der Waals surface area (Å²) in [5.74, 6) is -0.111. The number of esters is 1. The van der Waals surface area contributed by atoms with Crippen molar-refractivity contribution >= 4 is 14.8 Å². The fourth-order valence-corrected chi connectivity index (χ4v) is 4.57. The summed E-state index contributed by atoms with van der Waals surface area (Å²) in [7, 11) is 2.19. The number of hydrogen-bond donors (Lipinski definition) is 0. The monoisotopic (exact) mass is 304 g/mol. The van der Waals surface area contributed by atoms with Crippen molar-refractivity contribution in [2.24, 2.45) is 0 Å². The SMILES string of the molecule is CCC1(OC(=O)CCC[Si](OC)(OC)OC)CCCC1. The molecule has 0 unspecified atom stereocenters. The molecule has 0 radical (unpaired) electrons. The van der Waals surface area contributed by atoms with Crippen LogP contribution in [0.5, 0.6) is 0 Å². The molecule has 0 aromatic heterocycles. The molecule has 0 amide bonds. The molecule has 118 valence electrons. The fraction of sp³-hybridized carbons (Fsp3) is 0.929. The van der Waals surface area contributed by atoms with E-state index < -0.39 is 8.80 Å². The number of rotatable bonds is 9. The maximum atomic E-state index is 12.0. The summed E-state index contributed by atoms with van der Waals surface area (Å²) < 4.78 is 21.7. The van der Waals surface area contributed by atoms with Crippen molar-refractivity contribution in [3.05, 3.63) is 0 Å². The number of hydrogen-bond acceptors (Lipinski definition) is 5. The highest BCUT2D eigenvalue weighted by Crippen LogP contribution is 2.36. The Hall–Kier alpha value is -0.433. The van der Waals surface area contributed by atoms with Crippen LogP contribution in [0, 0.1) is 0 Å². The van der Waals surface area contributed by atoms with E-state index in [2.05, 4.69) is 6.92 Å². The maximum Gasteiger partial charge on any atom is 0.500 e. The Labute approximate surface area is 123 Å². The molecule has 0 atom stereocenters. The van der Waals surface area contributed by atoms with E-state index in [4.69, 9.17) is 18.0 Å². The Bertz CT molecular complexity index is 290. The molecule has 0 aliphatic heterocycles. The van der Waals surface area contributed by atoms with Gasteiger partial charge in [-0.15, -0.1) is 0 Å². The van der Waals surface area contributed by atoms with Crippen LogP contribution in [0.2, 0.25) is 6.04 Å². The summed E-state index contributed by atoms with van der Waals surface area (Å²) in [6, 6.07) is 0.630. The Morgan fingerprint density at radius 2 is 1.65 bits per heavy atom. The number of carbonyl (C=O) groups excluding carboxylic acids is 1. The highest BCUT2D eigenvalue weighted by Gasteiger charge is 2.38. The van der Waals surface area contributed by atoms with Gasteiger partial charge in [0.15, 0.2) is 0 Å². The lowest BCUT2D eigenvalue weighted by Gasteiger charge is -2.28. The highest BCUT2D eigenvalue weighted by atomic mass is 28.4. The molecule has 1 aliphatic rings. The molecule has 0 bridgehead atoms. The van der Waals surface area contributed by atoms with E-state index in [-0.39, 0.29) is 11.6 Å². The van der Waals surface area contributed by atoms with E-state index in [0.717, 1.165) is 32.1 Å². The van der Waals surface area contributed by atoms with Crippen LogP contribution in [-0.2, 0) is 22.8 Å². The number of carbonyl (C=O) groups is 1. The largest absolute Gasteiger partial charge is 0.500 e. The second-order valence-electron chi connectivity index (χ2n) is 5.37. The van der Waals surface area contributed by atoms with Crippen molar-refractivity contribution in [3.63, 3.8) is 0 Å². The van der Waals surface area contributed by atoms with Gasteiger partial charge in [0.25, 0.3) is 0 Å². The Balaban J connectivity index is 2.36. The summed E-state index contributed by atoms with van der Waals surface area (Å²) in [6.45, 7) is 2.09. The van der Waals surface area contributed by atoms with Gasteiger partial charge >= 0.3 is 14.8 Å².